The number of aliphatic hydroxyl groups is 1. The van der Waals surface area contributed by atoms with Crippen LogP contribution in [0.25, 0.3) is 0 Å². The third-order valence-corrected chi connectivity index (χ3v) is 2.76. The maximum Gasteiger partial charge on any atom is 0.322 e. The fourth-order valence-corrected chi connectivity index (χ4v) is 2.85. The predicted molar refractivity (Wildman–Crippen MR) is 43.5 cm³/mol. The molecule has 64 valence electrons. The van der Waals surface area contributed by atoms with Crippen LogP contribution < -0.4 is 0 Å². The first-order valence-corrected chi connectivity index (χ1v) is 4.19. The Balaban J connectivity index is 2.56. The second-order valence-corrected chi connectivity index (χ2v) is 4.83. The molecular formula is C7H11BrO3. The van der Waals surface area contributed by atoms with E-state index in [0.717, 1.165) is 0 Å². The van der Waals surface area contributed by atoms with Crippen molar-refractivity contribution in [2.24, 2.45) is 0 Å². The van der Waals surface area contributed by atoms with Gasteiger partial charge in [0, 0.05) is 12.8 Å². The van der Waals surface area contributed by atoms with Crippen molar-refractivity contribution in [3.8, 4) is 0 Å². The van der Waals surface area contributed by atoms with Crippen molar-refractivity contribution in [2.75, 3.05) is 7.11 Å². The molecule has 1 aliphatic carbocycles. The molecule has 1 rings (SSSR count). The second kappa shape index (κ2) is 2.45. The van der Waals surface area contributed by atoms with Gasteiger partial charge in [-0.3, -0.25) is 4.79 Å². The van der Waals surface area contributed by atoms with E-state index in [9.17, 15) is 9.90 Å². The summed E-state index contributed by atoms with van der Waals surface area (Å²) in [6.07, 6.45) is 0.847. The number of esters is 1. The van der Waals surface area contributed by atoms with Crippen molar-refractivity contribution < 1.29 is 14.6 Å². The van der Waals surface area contributed by atoms with E-state index >= 15 is 0 Å². The van der Waals surface area contributed by atoms with Crippen LogP contribution in [-0.2, 0) is 9.53 Å². The zero-order chi connectivity index (χ0) is 8.70. The highest BCUT2D eigenvalue weighted by atomic mass is 79.9. The van der Waals surface area contributed by atoms with Crippen LogP contribution in [0.15, 0.2) is 0 Å². The number of carbonyl (C=O) groups excluding carboxylic acids is 1. The third-order valence-electron chi connectivity index (χ3n) is 1.87. The van der Waals surface area contributed by atoms with Crippen LogP contribution in [0.3, 0.4) is 0 Å². The van der Waals surface area contributed by atoms with Gasteiger partial charge >= 0.3 is 5.97 Å². The Morgan fingerprint density at radius 1 is 1.64 bits per heavy atom. The summed E-state index contributed by atoms with van der Waals surface area (Å²) in [6, 6.07) is 0. The number of methoxy groups -OCH3 is 1. The smallest absolute Gasteiger partial charge is 0.322 e. The minimum absolute atomic E-state index is 0.302. The van der Waals surface area contributed by atoms with E-state index in [-0.39, 0.29) is 5.97 Å². The Bertz CT molecular complexity index is 180. The molecule has 0 aromatic rings. The summed E-state index contributed by atoms with van der Waals surface area (Å²) in [7, 11) is 1.35. The summed E-state index contributed by atoms with van der Waals surface area (Å²) in [6.45, 7) is 1.70. The number of alkyl halides is 1. The minimum Gasteiger partial charge on any atom is -0.468 e. The highest BCUT2D eigenvalue weighted by Gasteiger charge is 2.55. The van der Waals surface area contributed by atoms with Crippen LogP contribution in [0, 0.1) is 0 Å². The Labute approximate surface area is 73.9 Å². The third kappa shape index (κ3) is 1.56. The molecule has 1 fully saturated rings. The Morgan fingerprint density at radius 2 is 2.09 bits per heavy atom. The Kier molecular flexibility index (Phi) is 2.01. The van der Waals surface area contributed by atoms with E-state index in [1.807, 2.05) is 0 Å². The number of ether oxygens (including phenoxy) is 1. The summed E-state index contributed by atoms with van der Waals surface area (Å²) < 4.78 is 3.92. The van der Waals surface area contributed by atoms with Crippen molar-refractivity contribution in [2.45, 2.75) is 29.7 Å². The molecule has 0 amide bonds. The molecule has 4 heteroatoms. The lowest BCUT2D eigenvalue weighted by molar-refractivity contribution is -0.154. The predicted octanol–water partition coefficient (Wildman–Crippen LogP) is 0.838. The SMILES string of the molecule is COC(=O)C1(Br)CC(C)(O)C1. The van der Waals surface area contributed by atoms with Gasteiger partial charge in [-0.05, 0) is 6.92 Å². The van der Waals surface area contributed by atoms with E-state index in [1.165, 1.54) is 7.11 Å². The average Bonchev–Trinajstić information content (AvgIpc) is 1.81. The lowest BCUT2D eigenvalue weighted by Gasteiger charge is -2.45. The summed E-state index contributed by atoms with van der Waals surface area (Å²) in [4.78, 5) is 11.0. The number of hydrogen-bond acceptors (Lipinski definition) is 3. The molecule has 0 heterocycles. The van der Waals surface area contributed by atoms with E-state index in [0.29, 0.717) is 12.8 Å². The molecule has 0 bridgehead atoms. The number of carbonyl (C=O) groups is 1. The van der Waals surface area contributed by atoms with Gasteiger partial charge in [-0.1, -0.05) is 15.9 Å². The molecular weight excluding hydrogens is 212 g/mol. The van der Waals surface area contributed by atoms with Gasteiger partial charge in [-0.15, -0.1) is 0 Å². The lowest BCUT2D eigenvalue weighted by atomic mass is 9.72. The van der Waals surface area contributed by atoms with Gasteiger partial charge in [-0.2, -0.15) is 0 Å². The molecule has 11 heavy (non-hydrogen) atoms. The van der Waals surface area contributed by atoms with Gasteiger partial charge in [0.25, 0.3) is 0 Å². The quantitative estimate of drug-likeness (QED) is 0.529. The highest BCUT2D eigenvalue weighted by Crippen LogP contribution is 2.47. The molecule has 0 aliphatic heterocycles. The fraction of sp³-hybridized carbons (Fsp3) is 0.857. The summed E-state index contributed by atoms with van der Waals surface area (Å²) in [5.41, 5.74) is -0.711. The van der Waals surface area contributed by atoms with Gasteiger partial charge in [0.05, 0.1) is 12.7 Å². The van der Waals surface area contributed by atoms with E-state index < -0.39 is 9.93 Å². The van der Waals surface area contributed by atoms with Gasteiger partial charge < -0.3 is 9.84 Å². The molecule has 0 aromatic carbocycles. The minimum atomic E-state index is -0.711. The van der Waals surface area contributed by atoms with Gasteiger partial charge in [0.1, 0.15) is 4.32 Å². The zero-order valence-corrected chi connectivity index (χ0v) is 8.14. The van der Waals surface area contributed by atoms with Crippen LogP contribution in [0.1, 0.15) is 19.8 Å². The van der Waals surface area contributed by atoms with Gasteiger partial charge in [0.2, 0.25) is 0 Å². The van der Waals surface area contributed by atoms with Gasteiger partial charge in [0.15, 0.2) is 0 Å². The summed E-state index contributed by atoms with van der Waals surface area (Å²) in [5, 5.41) is 9.36. The second-order valence-electron chi connectivity index (χ2n) is 3.31. The molecule has 3 nitrogen and oxygen atoms in total. The number of rotatable bonds is 1. The highest BCUT2D eigenvalue weighted by molar-refractivity contribution is 9.10. The van der Waals surface area contributed by atoms with E-state index in [4.69, 9.17) is 0 Å². The molecule has 0 saturated heterocycles. The molecule has 0 radical (unpaired) electrons. The Morgan fingerprint density at radius 3 is 2.36 bits per heavy atom. The van der Waals surface area contributed by atoms with Crippen molar-refractivity contribution in [1.29, 1.82) is 0 Å². The average molecular weight is 223 g/mol. The number of halogens is 1. The van der Waals surface area contributed by atoms with Crippen LogP contribution in [0.4, 0.5) is 0 Å². The molecule has 0 spiro atoms. The molecule has 0 unspecified atom stereocenters. The first kappa shape index (κ1) is 9.00. The van der Waals surface area contributed by atoms with Crippen LogP contribution in [-0.4, -0.2) is 28.1 Å². The standard InChI is InChI=1S/C7H11BrO3/c1-6(10)3-7(8,4-6)5(9)11-2/h10H,3-4H2,1-2H3. The first-order chi connectivity index (χ1) is 4.90. The van der Waals surface area contributed by atoms with Gasteiger partial charge in [-0.25, -0.2) is 0 Å². The topological polar surface area (TPSA) is 46.5 Å². The Hall–Kier alpha value is -0.0900. The van der Waals surface area contributed by atoms with Crippen molar-refractivity contribution in [3.05, 3.63) is 0 Å². The maximum absolute atomic E-state index is 11.0. The number of hydrogen-bond donors (Lipinski definition) is 1. The molecule has 0 aromatic heterocycles. The largest absolute Gasteiger partial charge is 0.468 e. The van der Waals surface area contributed by atoms with Crippen molar-refractivity contribution in [1.82, 2.24) is 0 Å². The normalized spacial score (nSPS) is 42.9. The summed E-state index contributed by atoms with van der Waals surface area (Å²) >= 11 is 3.23. The lowest BCUT2D eigenvalue weighted by Crippen LogP contribution is -2.55. The van der Waals surface area contributed by atoms with Crippen LogP contribution in [0.2, 0.25) is 0 Å². The molecule has 1 saturated carbocycles. The maximum atomic E-state index is 11.0. The summed E-state index contributed by atoms with van der Waals surface area (Å²) in [5.74, 6) is -0.302. The first-order valence-electron chi connectivity index (χ1n) is 3.39. The van der Waals surface area contributed by atoms with E-state index in [2.05, 4.69) is 20.7 Å². The zero-order valence-electron chi connectivity index (χ0n) is 6.56. The van der Waals surface area contributed by atoms with Crippen molar-refractivity contribution >= 4 is 21.9 Å². The van der Waals surface area contributed by atoms with Crippen LogP contribution >= 0.6 is 15.9 Å². The monoisotopic (exact) mass is 222 g/mol. The fourth-order valence-electron chi connectivity index (χ4n) is 1.48. The van der Waals surface area contributed by atoms with Crippen LogP contribution in [0.5, 0.6) is 0 Å². The molecule has 0 atom stereocenters. The molecule has 1 N–H and O–H groups in total. The van der Waals surface area contributed by atoms with E-state index in [1.54, 1.807) is 6.92 Å². The molecule has 1 aliphatic rings. The van der Waals surface area contributed by atoms with Crippen molar-refractivity contribution in [3.63, 3.8) is 0 Å².